The fraction of sp³-hybridized carbons (Fsp3) is 0.655. The molecule has 0 bridgehead atoms. The molecule has 4 atom stereocenters. The first-order valence-electron chi connectivity index (χ1n) is 13.8. The zero-order chi connectivity index (χ0) is 23.1. The average molecular weight is 462 g/mol. The van der Waals surface area contributed by atoms with Gasteiger partial charge in [0.15, 0.2) is 0 Å². The van der Waals surface area contributed by atoms with Gasteiger partial charge in [-0.15, -0.1) is 0 Å². The van der Waals surface area contributed by atoms with Crippen LogP contribution in [-0.4, -0.2) is 41.5 Å². The van der Waals surface area contributed by atoms with Crippen molar-refractivity contribution in [1.29, 1.82) is 0 Å². The van der Waals surface area contributed by atoms with Crippen molar-refractivity contribution in [2.75, 3.05) is 19.6 Å². The van der Waals surface area contributed by atoms with Crippen LogP contribution in [0.15, 0.2) is 36.5 Å². The molecule has 6 rings (SSSR count). The summed E-state index contributed by atoms with van der Waals surface area (Å²) in [6, 6.07) is 11.5. The molecule has 0 radical (unpaired) electrons. The normalized spacial score (nSPS) is 32.1. The number of nitrogens with one attached hydrogen (secondary N) is 2. The first kappa shape index (κ1) is 22.3. The van der Waals surface area contributed by atoms with E-state index in [0.29, 0.717) is 23.8 Å². The fourth-order valence-corrected chi connectivity index (χ4v) is 7.92. The molecule has 2 N–H and O–H groups in total. The van der Waals surface area contributed by atoms with Gasteiger partial charge in [-0.25, -0.2) is 9.55 Å². The molecule has 1 aromatic heterocycles. The van der Waals surface area contributed by atoms with Crippen LogP contribution in [-0.2, 0) is 16.8 Å². The van der Waals surface area contributed by atoms with Gasteiger partial charge >= 0.3 is 0 Å². The number of benzene rings is 1. The van der Waals surface area contributed by atoms with Crippen molar-refractivity contribution in [2.24, 2.45) is 11.8 Å². The molecule has 5 nitrogen and oxygen atoms in total. The van der Waals surface area contributed by atoms with Crippen molar-refractivity contribution >= 4 is 5.91 Å². The van der Waals surface area contributed by atoms with E-state index < -0.39 is 0 Å². The highest BCUT2D eigenvalue weighted by Gasteiger charge is 2.57. The molecule has 0 unspecified atom stereocenters. The Labute approximate surface area is 204 Å². The summed E-state index contributed by atoms with van der Waals surface area (Å²) in [6.07, 6.45) is 13.3. The molecule has 182 valence electrons. The van der Waals surface area contributed by atoms with Crippen LogP contribution in [0.4, 0.5) is 0 Å². The van der Waals surface area contributed by atoms with Crippen LogP contribution in [0.3, 0.4) is 0 Å². The predicted octanol–water partition coefficient (Wildman–Crippen LogP) is 4.22. The largest absolute Gasteiger partial charge is 0.339 e. The molecule has 5 heteroatoms. The summed E-state index contributed by atoms with van der Waals surface area (Å²) < 4.78 is 2.40. The second-order valence-electron chi connectivity index (χ2n) is 11.6. The molecule has 3 aliphatic heterocycles. The van der Waals surface area contributed by atoms with E-state index in [1.165, 1.54) is 49.2 Å². The smallest absolute Gasteiger partial charge is 0.262 e. The van der Waals surface area contributed by atoms with E-state index in [-0.39, 0.29) is 11.3 Å². The van der Waals surface area contributed by atoms with Crippen molar-refractivity contribution in [3.05, 3.63) is 53.6 Å². The monoisotopic (exact) mass is 461 g/mol. The van der Waals surface area contributed by atoms with Crippen molar-refractivity contribution in [3.8, 4) is 0 Å². The molecule has 4 aliphatic rings. The first-order valence-corrected chi connectivity index (χ1v) is 13.8. The van der Waals surface area contributed by atoms with E-state index in [1.807, 2.05) is 0 Å². The van der Waals surface area contributed by atoms with E-state index in [9.17, 15) is 4.79 Å². The molecule has 1 saturated carbocycles. The lowest BCUT2D eigenvalue weighted by atomic mass is 9.70. The number of aryl methyl sites for hydroxylation is 2. The number of piperidine rings is 1. The number of amides is 1. The SMILES string of the molecule is Cc1c[n+]2c([nH]1)[C@]1(CCC2)CNC[C@H]1C(=O)N1CC[C@@H](c2ccccc2)C[C@H]1C1CCCCC1. The number of aromatic nitrogens is 2. The van der Waals surface area contributed by atoms with Crippen LogP contribution in [0.2, 0.25) is 0 Å². The maximum atomic E-state index is 14.4. The van der Waals surface area contributed by atoms with Crippen molar-refractivity contribution in [2.45, 2.75) is 88.6 Å². The minimum Gasteiger partial charge on any atom is -0.339 e. The molecule has 2 saturated heterocycles. The van der Waals surface area contributed by atoms with Gasteiger partial charge in [-0.05, 0) is 55.9 Å². The molecular weight excluding hydrogens is 420 g/mol. The lowest BCUT2D eigenvalue weighted by Crippen LogP contribution is -2.58. The number of nitrogens with zero attached hydrogens (tertiary/aromatic N) is 2. The zero-order valence-electron chi connectivity index (χ0n) is 20.8. The van der Waals surface area contributed by atoms with E-state index in [0.717, 1.165) is 51.9 Å². The fourth-order valence-electron chi connectivity index (χ4n) is 7.92. The van der Waals surface area contributed by atoms with Gasteiger partial charge in [0.1, 0.15) is 11.9 Å². The minimum atomic E-state index is -0.0863. The highest BCUT2D eigenvalue weighted by atomic mass is 16.2. The van der Waals surface area contributed by atoms with Crippen LogP contribution in [0, 0.1) is 18.8 Å². The maximum Gasteiger partial charge on any atom is 0.262 e. The Morgan fingerprint density at radius 3 is 2.74 bits per heavy atom. The summed E-state index contributed by atoms with van der Waals surface area (Å²) >= 11 is 0. The molecule has 1 aromatic carbocycles. The minimum absolute atomic E-state index is 0.0384. The topological polar surface area (TPSA) is 52.0 Å². The lowest BCUT2D eigenvalue weighted by molar-refractivity contribution is -0.713. The van der Waals surface area contributed by atoms with E-state index in [1.54, 1.807) is 0 Å². The summed E-state index contributed by atoms with van der Waals surface area (Å²) in [6.45, 7) is 5.85. The van der Waals surface area contributed by atoms with Gasteiger partial charge in [-0.2, -0.15) is 0 Å². The van der Waals surface area contributed by atoms with E-state index >= 15 is 0 Å². The van der Waals surface area contributed by atoms with Crippen LogP contribution in [0.5, 0.6) is 0 Å². The van der Waals surface area contributed by atoms with E-state index in [2.05, 4.69) is 63.2 Å². The highest BCUT2D eigenvalue weighted by Crippen LogP contribution is 2.44. The molecule has 1 spiro atoms. The number of imidazole rings is 1. The number of likely N-dealkylation sites (tertiary alicyclic amines) is 1. The van der Waals surface area contributed by atoms with Crippen molar-refractivity contribution in [3.63, 3.8) is 0 Å². The van der Waals surface area contributed by atoms with Crippen LogP contribution in [0.1, 0.15) is 80.8 Å². The Bertz CT molecular complexity index is 1010. The van der Waals surface area contributed by atoms with Crippen molar-refractivity contribution in [1.82, 2.24) is 15.2 Å². The van der Waals surface area contributed by atoms with Crippen LogP contribution in [0.25, 0.3) is 0 Å². The van der Waals surface area contributed by atoms with Gasteiger partial charge < -0.3 is 10.2 Å². The van der Waals surface area contributed by atoms with Crippen LogP contribution < -0.4 is 9.88 Å². The van der Waals surface area contributed by atoms with Gasteiger partial charge in [0.05, 0.1) is 17.9 Å². The number of rotatable bonds is 3. The highest BCUT2D eigenvalue weighted by molar-refractivity contribution is 5.82. The summed E-state index contributed by atoms with van der Waals surface area (Å²) in [5.41, 5.74) is 2.58. The van der Waals surface area contributed by atoms with E-state index in [4.69, 9.17) is 0 Å². The molecule has 3 fully saturated rings. The number of carbonyl (C=O) groups excluding carboxylic acids is 1. The molecule has 1 aliphatic carbocycles. The average Bonchev–Trinajstić information content (AvgIpc) is 3.48. The van der Waals surface area contributed by atoms with Gasteiger partial charge in [-0.3, -0.25) is 4.79 Å². The number of hydrogen-bond acceptors (Lipinski definition) is 2. The predicted molar refractivity (Wildman–Crippen MR) is 133 cm³/mol. The number of hydrogen-bond donors (Lipinski definition) is 2. The molecule has 34 heavy (non-hydrogen) atoms. The Balaban J connectivity index is 1.30. The zero-order valence-corrected chi connectivity index (χ0v) is 20.8. The third-order valence-electron chi connectivity index (χ3n) is 9.59. The van der Waals surface area contributed by atoms with Gasteiger partial charge in [0.25, 0.3) is 5.82 Å². The Kier molecular flexibility index (Phi) is 6.00. The molecule has 2 aromatic rings. The third kappa shape index (κ3) is 3.80. The maximum absolute atomic E-state index is 14.4. The Hall–Kier alpha value is -2.14. The second-order valence-corrected chi connectivity index (χ2v) is 11.6. The van der Waals surface area contributed by atoms with Crippen molar-refractivity contribution < 1.29 is 9.36 Å². The van der Waals surface area contributed by atoms with Gasteiger partial charge in [0.2, 0.25) is 5.91 Å². The molecule has 4 heterocycles. The summed E-state index contributed by atoms with van der Waals surface area (Å²) in [4.78, 5) is 20.5. The summed E-state index contributed by atoms with van der Waals surface area (Å²) in [5, 5.41) is 3.65. The Morgan fingerprint density at radius 2 is 1.91 bits per heavy atom. The third-order valence-corrected chi connectivity index (χ3v) is 9.59. The summed E-state index contributed by atoms with van der Waals surface area (Å²) in [7, 11) is 0. The molecule has 1 amide bonds. The molecular formula is C29H41N4O+. The van der Waals surface area contributed by atoms with Gasteiger partial charge in [-0.1, -0.05) is 49.6 Å². The lowest BCUT2D eigenvalue weighted by Gasteiger charge is -2.47. The Morgan fingerprint density at radius 1 is 1.09 bits per heavy atom. The van der Waals surface area contributed by atoms with Crippen LogP contribution >= 0.6 is 0 Å². The number of fused-ring (bicyclic) bond motifs is 2. The number of carbonyl (C=O) groups is 1. The standard InChI is InChI=1S/C29H40N4O/c1-21-19-32-15-8-14-29(28(32)31-21)20-30-18-25(29)27(34)33-16-13-24(22-9-4-2-5-10-22)17-26(33)23-11-6-3-7-12-23/h2,4-5,9-10,19,23-26,30H,3,6-8,11-18,20H2,1H3/p+1/t24-,25+,26+,29-/m1/s1. The number of aromatic amines is 1. The quantitative estimate of drug-likeness (QED) is 0.673. The summed E-state index contributed by atoms with van der Waals surface area (Å²) in [5.74, 6) is 2.99. The number of H-pyrrole nitrogens is 1. The first-order chi connectivity index (χ1) is 16.7. The van der Waals surface area contributed by atoms with Gasteiger partial charge in [0, 0.05) is 32.6 Å². The second kappa shape index (κ2) is 9.14.